The van der Waals surface area contributed by atoms with E-state index in [4.69, 9.17) is 9.47 Å². The van der Waals surface area contributed by atoms with Gasteiger partial charge in [-0.15, -0.1) is 0 Å². The molecule has 0 aromatic rings. The number of hydrogen-bond donors (Lipinski definition) is 0. The van der Waals surface area contributed by atoms with Gasteiger partial charge in [0, 0.05) is 65.7 Å². The van der Waals surface area contributed by atoms with Crippen LogP contribution in [0.3, 0.4) is 0 Å². The van der Waals surface area contributed by atoms with Crippen molar-refractivity contribution in [3.05, 3.63) is 0 Å². The maximum absolute atomic E-state index is 5.53. The van der Waals surface area contributed by atoms with Gasteiger partial charge >= 0.3 is 0 Å². The lowest BCUT2D eigenvalue weighted by Gasteiger charge is -2.34. The Balaban J connectivity index is 1.91. The smallest absolute Gasteiger partial charge is 0.0478 e. The Labute approximate surface area is 125 Å². The molecule has 1 fully saturated rings. The molecule has 0 saturated carbocycles. The summed E-state index contributed by atoms with van der Waals surface area (Å²) in [5, 5.41) is 0. The number of nitrogens with zero attached hydrogens (tertiary/aromatic N) is 2. The van der Waals surface area contributed by atoms with E-state index in [1.165, 1.54) is 52.1 Å². The number of hydrogen-bond acceptors (Lipinski definition) is 4. The molecule has 1 aliphatic heterocycles. The summed E-state index contributed by atoms with van der Waals surface area (Å²) in [5.41, 5.74) is 0. The van der Waals surface area contributed by atoms with Crippen LogP contribution in [0, 0.1) is 0 Å². The first-order chi connectivity index (χ1) is 9.86. The maximum atomic E-state index is 5.53. The Bertz CT molecular complexity index is 185. The molecule has 0 atom stereocenters. The fourth-order valence-electron chi connectivity index (χ4n) is 2.51. The summed E-state index contributed by atoms with van der Waals surface area (Å²) in [7, 11) is 0. The molecule has 120 valence electrons. The van der Waals surface area contributed by atoms with Crippen molar-refractivity contribution in [2.75, 3.05) is 65.7 Å². The summed E-state index contributed by atoms with van der Waals surface area (Å²) in [6.07, 6.45) is 4.59. The van der Waals surface area contributed by atoms with Crippen LogP contribution in [0.5, 0.6) is 0 Å². The lowest BCUT2D eigenvalue weighted by atomic mass is 10.2. The van der Waals surface area contributed by atoms with Crippen LogP contribution in [0.2, 0.25) is 0 Å². The summed E-state index contributed by atoms with van der Waals surface area (Å²) < 4.78 is 11.1. The Kier molecular flexibility index (Phi) is 11.2. The van der Waals surface area contributed by atoms with Gasteiger partial charge in [-0.3, -0.25) is 0 Å². The van der Waals surface area contributed by atoms with Gasteiger partial charge in [0.1, 0.15) is 0 Å². The number of piperazine rings is 1. The molecule has 0 spiro atoms. The normalized spacial score (nSPS) is 17.7. The predicted molar refractivity (Wildman–Crippen MR) is 84.3 cm³/mol. The first-order valence-corrected chi connectivity index (χ1v) is 8.47. The van der Waals surface area contributed by atoms with Crippen LogP contribution in [-0.4, -0.2) is 75.5 Å². The van der Waals surface area contributed by atoms with Crippen LogP contribution in [-0.2, 0) is 9.47 Å². The summed E-state index contributed by atoms with van der Waals surface area (Å²) >= 11 is 0. The van der Waals surface area contributed by atoms with Crippen molar-refractivity contribution >= 4 is 0 Å². The lowest BCUT2D eigenvalue weighted by Crippen LogP contribution is -2.47. The molecule has 0 radical (unpaired) electrons. The Hall–Kier alpha value is -0.160. The third-order valence-electron chi connectivity index (χ3n) is 3.69. The van der Waals surface area contributed by atoms with Gasteiger partial charge < -0.3 is 19.3 Å². The Morgan fingerprint density at radius 3 is 1.40 bits per heavy atom. The van der Waals surface area contributed by atoms with Crippen molar-refractivity contribution in [3.8, 4) is 0 Å². The van der Waals surface area contributed by atoms with E-state index in [2.05, 4.69) is 23.6 Å². The van der Waals surface area contributed by atoms with E-state index < -0.39 is 0 Å². The Morgan fingerprint density at radius 2 is 1.05 bits per heavy atom. The van der Waals surface area contributed by atoms with Crippen molar-refractivity contribution < 1.29 is 9.47 Å². The molecule has 0 N–H and O–H groups in total. The lowest BCUT2D eigenvalue weighted by molar-refractivity contribution is 0.0877. The molecular weight excluding hydrogens is 252 g/mol. The zero-order valence-electron chi connectivity index (χ0n) is 13.6. The minimum atomic E-state index is 0.911. The molecule has 0 aliphatic carbocycles. The van der Waals surface area contributed by atoms with Gasteiger partial charge in [0.15, 0.2) is 0 Å². The third-order valence-corrected chi connectivity index (χ3v) is 3.69. The van der Waals surface area contributed by atoms with Crippen LogP contribution in [0.25, 0.3) is 0 Å². The maximum Gasteiger partial charge on any atom is 0.0478 e. The van der Waals surface area contributed by atoms with E-state index >= 15 is 0 Å². The van der Waals surface area contributed by atoms with Gasteiger partial charge in [0.2, 0.25) is 0 Å². The molecule has 0 unspecified atom stereocenters. The Morgan fingerprint density at radius 1 is 0.650 bits per heavy atom. The summed E-state index contributed by atoms with van der Waals surface area (Å²) in [5.74, 6) is 0. The van der Waals surface area contributed by atoms with Gasteiger partial charge in [0.05, 0.1) is 0 Å². The monoisotopic (exact) mass is 286 g/mol. The summed E-state index contributed by atoms with van der Waals surface area (Å²) in [4.78, 5) is 5.14. The zero-order valence-corrected chi connectivity index (χ0v) is 13.6. The largest absolute Gasteiger partial charge is 0.381 e. The molecule has 1 rings (SSSR count). The van der Waals surface area contributed by atoms with E-state index in [0.717, 1.165) is 39.3 Å². The van der Waals surface area contributed by atoms with Gasteiger partial charge in [-0.25, -0.2) is 0 Å². The van der Waals surface area contributed by atoms with Crippen molar-refractivity contribution in [3.63, 3.8) is 0 Å². The van der Waals surface area contributed by atoms with Gasteiger partial charge in [-0.2, -0.15) is 0 Å². The molecule has 1 aliphatic rings. The first-order valence-electron chi connectivity index (χ1n) is 8.47. The van der Waals surface area contributed by atoms with Crippen LogP contribution >= 0.6 is 0 Å². The van der Waals surface area contributed by atoms with Crippen LogP contribution in [0.15, 0.2) is 0 Å². The standard InChI is InChI=1S/C16H34N2O2/c1-3-13-19-15-5-7-17-9-11-18(12-10-17)8-6-16-20-14-4-2/h3-16H2,1-2H3. The van der Waals surface area contributed by atoms with Gasteiger partial charge in [-0.05, 0) is 25.7 Å². The summed E-state index contributed by atoms with van der Waals surface area (Å²) in [6.45, 7) is 15.2. The topological polar surface area (TPSA) is 24.9 Å². The average molecular weight is 286 g/mol. The number of rotatable bonds is 12. The van der Waals surface area contributed by atoms with E-state index in [1.807, 2.05) is 0 Å². The molecule has 0 aromatic carbocycles. The minimum absolute atomic E-state index is 0.911. The zero-order chi connectivity index (χ0) is 14.5. The van der Waals surface area contributed by atoms with Gasteiger partial charge in [0.25, 0.3) is 0 Å². The molecule has 0 amide bonds. The van der Waals surface area contributed by atoms with Crippen LogP contribution in [0.4, 0.5) is 0 Å². The highest BCUT2D eigenvalue weighted by Crippen LogP contribution is 2.03. The second-order valence-corrected chi connectivity index (χ2v) is 5.62. The highest BCUT2D eigenvalue weighted by molar-refractivity contribution is 4.71. The predicted octanol–water partition coefficient (Wildman–Crippen LogP) is 2.24. The SMILES string of the molecule is CCCOCCCN1CCN(CCCOCCC)CC1. The third kappa shape index (κ3) is 8.90. The molecule has 1 heterocycles. The summed E-state index contributed by atoms with van der Waals surface area (Å²) in [6, 6.07) is 0. The fourth-order valence-corrected chi connectivity index (χ4v) is 2.51. The molecule has 1 saturated heterocycles. The van der Waals surface area contributed by atoms with Crippen LogP contribution in [0.1, 0.15) is 39.5 Å². The van der Waals surface area contributed by atoms with Crippen molar-refractivity contribution in [1.82, 2.24) is 9.80 Å². The van der Waals surface area contributed by atoms with Gasteiger partial charge in [-0.1, -0.05) is 13.8 Å². The van der Waals surface area contributed by atoms with Crippen molar-refractivity contribution in [2.45, 2.75) is 39.5 Å². The van der Waals surface area contributed by atoms with E-state index in [-0.39, 0.29) is 0 Å². The highest BCUT2D eigenvalue weighted by atomic mass is 16.5. The fraction of sp³-hybridized carbons (Fsp3) is 1.00. The number of ether oxygens (including phenoxy) is 2. The molecule has 4 heteroatoms. The van der Waals surface area contributed by atoms with E-state index in [1.54, 1.807) is 0 Å². The van der Waals surface area contributed by atoms with Crippen molar-refractivity contribution in [2.24, 2.45) is 0 Å². The molecule has 0 bridgehead atoms. The molecule has 0 aromatic heterocycles. The quantitative estimate of drug-likeness (QED) is 0.514. The first kappa shape index (κ1) is 17.9. The van der Waals surface area contributed by atoms with E-state index in [9.17, 15) is 0 Å². The van der Waals surface area contributed by atoms with Crippen molar-refractivity contribution in [1.29, 1.82) is 0 Å². The van der Waals surface area contributed by atoms with E-state index in [0.29, 0.717) is 0 Å². The molecule has 20 heavy (non-hydrogen) atoms. The molecular formula is C16H34N2O2. The second-order valence-electron chi connectivity index (χ2n) is 5.62. The average Bonchev–Trinajstić information content (AvgIpc) is 2.48. The highest BCUT2D eigenvalue weighted by Gasteiger charge is 2.15. The molecule has 4 nitrogen and oxygen atoms in total. The minimum Gasteiger partial charge on any atom is -0.381 e. The second kappa shape index (κ2) is 12.6. The van der Waals surface area contributed by atoms with Crippen LogP contribution < -0.4 is 0 Å².